The van der Waals surface area contributed by atoms with E-state index in [-0.39, 0.29) is 0 Å². The second kappa shape index (κ2) is 4.94. The minimum absolute atomic E-state index is 0.688. The molecule has 1 heterocycles. The van der Waals surface area contributed by atoms with Crippen LogP contribution in [0.2, 0.25) is 0 Å². The zero-order valence-corrected chi connectivity index (χ0v) is 9.66. The van der Waals surface area contributed by atoms with E-state index in [1.807, 2.05) is 18.2 Å². The zero-order chi connectivity index (χ0) is 11.4. The van der Waals surface area contributed by atoms with Gasteiger partial charge in [-0.1, -0.05) is 18.2 Å². The number of nitrogens with zero attached hydrogens (tertiary/aromatic N) is 1. The highest BCUT2D eigenvalue weighted by molar-refractivity contribution is 5.81. The second-order valence-corrected chi connectivity index (χ2v) is 3.77. The zero-order valence-electron chi connectivity index (χ0n) is 9.66. The van der Waals surface area contributed by atoms with E-state index in [2.05, 4.69) is 29.4 Å². The lowest BCUT2D eigenvalue weighted by Gasteiger charge is -2.09. The maximum atomic E-state index is 5.00. The van der Waals surface area contributed by atoms with Gasteiger partial charge in [-0.3, -0.25) is 0 Å². The summed E-state index contributed by atoms with van der Waals surface area (Å²) >= 11 is 0. The monoisotopic (exact) mass is 216 g/mol. The molecule has 0 amide bonds. The lowest BCUT2D eigenvalue weighted by Crippen LogP contribution is -2.09. The summed E-state index contributed by atoms with van der Waals surface area (Å²) in [4.78, 5) is 4.58. The fourth-order valence-corrected chi connectivity index (χ4v) is 1.67. The number of pyridine rings is 1. The first-order valence-corrected chi connectivity index (χ1v) is 5.40. The number of para-hydroxylation sites is 1. The predicted octanol–water partition coefficient (Wildman–Crippen LogP) is 2.60. The summed E-state index contributed by atoms with van der Waals surface area (Å²) in [5.74, 6) is 0.941. The Morgan fingerprint density at radius 1 is 1.31 bits per heavy atom. The van der Waals surface area contributed by atoms with Gasteiger partial charge in [0.2, 0.25) is 0 Å². The Bertz CT molecular complexity index is 482. The van der Waals surface area contributed by atoms with Crippen LogP contribution in [0, 0.1) is 6.92 Å². The molecule has 0 bridgehead atoms. The molecule has 1 aromatic carbocycles. The number of fused-ring (bicyclic) bond motifs is 1. The molecule has 1 aromatic heterocycles. The van der Waals surface area contributed by atoms with Gasteiger partial charge < -0.3 is 10.1 Å². The molecular formula is C13H16N2O. The molecule has 2 rings (SSSR count). The Morgan fingerprint density at radius 2 is 2.12 bits per heavy atom. The average Bonchev–Trinajstić information content (AvgIpc) is 2.30. The number of aromatic nitrogens is 1. The van der Waals surface area contributed by atoms with Gasteiger partial charge in [0.15, 0.2) is 0 Å². The Kier molecular flexibility index (Phi) is 3.37. The van der Waals surface area contributed by atoms with E-state index in [4.69, 9.17) is 4.74 Å². The van der Waals surface area contributed by atoms with Crippen LogP contribution in [0.3, 0.4) is 0 Å². The van der Waals surface area contributed by atoms with Crippen molar-refractivity contribution in [2.45, 2.75) is 6.92 Å². The van der Waals surface area contributed by atoms with Gasteiger partial charge in [-0.05, 0) is 24.6 Å². The van der Waals surface area contributed by atoms with Crippen LogP contribution in [0.1, 0.15) is 5.56 Å². The summed E-state index contributed by atoms with van der Waals surface area (Å²) in [7, 11) is 1.70. The van der Waals surface area contributed by atoms with Crippen LogP contribution in [0.4, 0.5) is 5.82 Å². The summed E-state index contributed by atoms with van der Waals surface area (Å²) < 4.78 is 5.00. The van der Waals surface area contributed by atoms with Gasteiger partial charge in [0.05, 0.1) is 12.1 Å². The molecule has 0 aliphatic carbocycles. The first kappa shape index (κ1) is 10.9. The van der Waals surface area contributed by atoms with Crippen molar-refractivity contribution in [3.63, 3.8) is 0 Å². The molecule has 0 fully saturated rings. The number of rotatable bonds is 4. The highest BCUT2D eigenvalue weighted by Gasteiger charge is 2.01. The lowest BCUT2D eigenvalue weighted by atomic mass is 10.1. The van der Waals surface area contributed by atoms with Crippen molar-refractivity contribution in [1.82, 2.24) is 4.98 Å². The van der Waals surface area contributed by atoms with E-state index >= 15 is 0 Å². The maximum absolute atomic E-state index is 5.00. The SMILES string of the molecule is COCCNc1nc2ccccc2cc1C. The molecule has 0 saturated carbocycles. The van der Waals surface area contributed by atoms with Crippen LogP contribution in [0.15, 0.2) is 30.3 Å². The molecule has 0 atom stereocenters. The molecule has 1 N–H and O–H groups in total. The van der Waals surface area contributed by atoms with Crippen LogP contribution >= 0.6 is 0 Å². The first-order valence-electron chi connectivity index (χ1n) is 5.40. The molecule has 3 nitrogen and oxygen atoms in total. The molecule has 0 unspecified atom stereocenters. The van der Waals surface area contributed by atoms with Crippen molar-refractivity contribution in [2.75, 3.05) is 25.6 Å². The normalized spacial score (nSPS) is 10.6. The largest absolute Gasteiger partial charge is 0.383 e. The van der Waals surface area contributed by atoms with Crippen LogP contribution in [0.5, 0.6) is 0 Å². The van der Waals surface area contributed by atoms with E-state index < -0.39 is 0 Å². The molecule has 16 heavy (non-hydrogen) atoms. The lowest BCUT2D eigenvalue weighted by molar-refractivity contribution is 0.210. The number of benzene rings is 1. The van der Waals surface area contributed by atoms with Crippen molar-refractivity contribution in [3.8, 4) is 0 Å². The summed E-state index contributed by atoms with van der Waals surface area (Å²) in [6, 6.07) is 10.3. The number of aryl methyl sites for hydroxylation is 1. The number of anilines is 1. The summed E-state index contributed by atoms with van der Waals surface area (Å²) in [6.45, 7) is 3.53. The fourth-order valence-electron chi connectivity index (χ4n) is 1.67. The van der Waals surface area contributed by atoms with Crippen LogP contribution in [-0.2, 0) is 4.74 Å². The molecular weight excluding hydrogens is 200 g/mol. The van der Waals surface area contributed by atoms with Gasteiger partial charge >= 0.3 is 0 Å². The minimum atomic E-state index is 0.688. The predicted molar refractivity (Wildman–Crippen MR) is 66.8 cm³/mol. The van der Waals surface area contributed by atoms with Gasteiger partial charge in [0.1, 0.15) is 5.82 Å². The molecule has 0 radical (unpaired) electrons. The van der Waals surface area contributed by atoms with Crippen LogP contribution in [-0.4, -0.2) is 25.2 Å². The number of methoxy groups -OCH3 is 1. The molecule has 84 valence electrons. The third kappa shape index (κ3) is 2.31. The van der Waals surface area contributed by atoms with Crippen LogP contribution < -0.4 is 5.32 Å². The third-order valence-corrected chi connectivity index (χ3v) is 2.51. The van der Waals surface area contributed by atoms with E-state index in [1.165, 1.54) is 5.39 Å². The van der Waals surface area contributed by atoms with E-state index in [0.717, 1.165) is 23.4 Å². The topological polar surface area (TPSA) is 34.1 Å². The number of hydrogen-bond acceptors (Lipinski definition) is 3. The average molecular weight is 216 g/mol. The highest BCUT2D eigenvalue weighted by Crippen LogP contribution is 2.19. The van der Waals surface area contributed by atoms with Gasteiger partial charge in [-0.2, -0.15) is 0 Å². The first-order chi connectivity index (χ1) is 7.81. The van der Waals surface area contributed by atoms with Crippen molar-refractivity contribution < 1.29 is 4.74 Å². The Balaban J connectivity index is 2.27. The molecule has 3 heteroatoms. The van der Waals surface area contributed by atoms with Crippen molar-refractivity contribution in [2.24, 2.45) is 0 Å². The van der Waals surface area contributed by atoms with Crippen molar-refractivity contribution >= 4 is 16.7 Å². The van der Waals surface area contributed by atoms with Gasteiger partial charge in [-0.15, -0.1) is 0 Å². The fraction of sp³-hybridized carbons (Fsp3) is 0.308. The molecule has 2 aromatic rings. The highest BCUT2D eigenvalue weighted by atomic mass is 16.5. The summed E-state index contributed by atoms with van der Waals surface area (Å²) in [5, 5.41) is 4.45. The van der Waals surface area contributed by atoms with E-state index in [1.54, 1.807) is 7.11 Å². The Hall–Kier alpha value is -1.61. The van der Waals surface area contributed by atoms with Crippen LogP contribution in [0.25, 0.3) is 10.9 Å². The molecule has 0 aliphatic heterocycles. The minimum Gasteiger partial charge on any atom is -0.383 e. The summed E-state index contributed by atoms with van der Waals surface area (Å²) in [6.07, 6.45) is 0. The smallest absolute Gasteiger partial charge is 0.129 e. The summed E-state index contributed by atoms with van der Waals surface area (Å²) in [5.41, 5.74) is 2.18. The van der Waals surface area contributed by atoms with Gasteiger partial charge in [-0.25, -0.2) is 4.98 Å². The molecule has 0 spiro atoms. The van der Waals surface area contributed by atoms with E-state index in [9.17, 15) is 0 Å². The van der Waals surface area contributed by atoms with Crippen molar-refractivity contribution in [1.29, 1.82) is 0 Å². The third-order valence-electron chi connectivity index (χ3n) is 2.51. The second-order valence-electron chi connectivity index (χ2n) is 3.77. The Labute approximate surface area is 95.5 Å². The molecule has 0 aliphatic rings. The Morgan fingerprint density at radius 3 is 2.94 bits per heavy atom. The molecule has 0 saturated heterocycles. The quantitative estimate of drug-likeness (QED) is 0.798. The van der Waals surface area contributed by atoms with Crippen molar-refractivity contribution in [3.05, 3.63) is 35.9 Å². The van der Waals surface area contributed by atoms with E-state index in [0.29, 0.717) is 6.61 Å². The standard InChI is InChI=1S/C13H16N2O/c1-10-9-11-5-3-4-6-12(11)15-13(10)14-7-8-16-2/h3-6,9H,7-8H2,1-2H3,(H,14,15). The number of ether oxygens (including phenoxy) is 1. The van der Waals surface area contributed by atoms with Gasteiger partial charge in [0, 0.05) is 19.0 Å². The number of hydrogen-bond donors (Lipinski definition) is 1. The number of nitrogens with one attached hydrogen (secondary N) is 1. The maximum Gasteiger partial charge on any atom is 0.129 e. The van der Waals surface area contributed by atoms with Gasteiger partial charge in [0.25, 0.3) is 0 Å².